The van der Waals surface area contributed by atoms with Crippen LogP contribution in [0.3, 0.4) is 0 Å². The maximum Gasteiger partial charge on any atom is 0.258 e. The van der Waals surface area contributed by atoms with E-state index in [4.69, 9.17) is 14.2 Å². The molecule has 0 aromatic heterocycles. The van der Waals surface area contributed by atoms with Crippen LogP contribution in [0.5, 0.6) is 11.5 Å². The second-order valence-electron chi connectivity index (χ2n) is 6.48. The van der Waals surface area contributed by atoms with E-state index in [-0.39, 0.29) is 18.6 Å². The number of hydrogen-bond acceptors (Lipinski definition) is 5. The largest absolute Gasteiger partial charge is 0.497 e. The Morgan fingerprint density at radius 1 is 1.11 bits per heavy atom. The molecule has 0 bridgehead atoms. The molecule has 1 aliphatic rings. The molecule has 150 valence electrons. The highest BCUT2D eigenvalue weighted by molar-refractivity contribution is 14.1. The zero-order valence-corrected chi connectivity index (χ0v) is 18.1. The van der Waals surface area contributed by atoms with Crippen molar-refractivity contribution in [2.24, 2.45) is 0 Å². The number of rotatable bonds is 8. The number of benzene rings is 2. The molecule has 2 aromatic carbocycles. The topological polar surface area (TPSA) is 60.0 Å². The predicted molar refractivity (Wildman–Crippen MR) is 116 cm³/mol. The van der Waals surface area contributed by atoms with Crippen LogP contribution in [-0.2, 0) is 9.53 Å². The molecule has 1 atom stereocenters. The Morgan fingerprint density at radius 2 is 1.75 bits per heavy atom. The smallest absolute Gasteiger partial charge is 0.258 e. The first-order valence-electron chi connectivity index (χ1n) is 9.26. The lowest BCUT2D eigenvalue weighted by atomic mass is 10.0. The SMILES string of the molecule is COc1ccc(C(CNC(=O)COc2ccc(I)cc2)N2CCOCC2)cc1. The Labute approximate surface area is 179 Å². The van der Waals surface area contributed by atoms with Crippen LogP contribution >= 0.6 is 22.6 Å². The van der Waals surface area contributed by atoms with Crippen LogP contribution in [0.15, 0.2) is 48.5 Å². The summed E-state index contributed by atoms with van der Waals surface area (Å²) in [4.78, 5) is 14.6. The van der Waals surface area contributed by atoms with Crippen molar-refractivity contribution < 1.29 is 19.0 Å². The summed E-state index contributed by atoms with van der Waals surface area (Å²) in [5, 5.41) is 3.01. The lowest BCUT2D eigenvalue weighted by molar-refractivity contribution is -0.123. The minimum Gasteiger partial charge on any atom is -0.497 e. The molecule has 1 amide bonds. The van der Waals surface area contributed by atoms with E-state index in [9.17, 15) is 4.79 Å². The summed E-state index contributed by atoms with van der Waals surface area (Å²) in [7, 11) is 1.66. The van der Waals surface area contributed by atoms with Crippen LogP contribution in [0.2, 0.25) is 0 Å². The Balaban J connectivity index is 1.58. The fourth-order valence-electron chi connectivity index (χ4n) is 3.11. The van der Waals surface area contributed by atoms with Crippen LogP contribution in [0.4, 0.5) is 0 Å². The molecule has 0 saturated carbocycles. The second kappa shape index (κ2) is 10.6. The predicted octanol–water partition coefficient (Wildman–Crippen LogP) is 2.87. The number of carbonyl (C=O) groups excluding carboxylic acids is 1. The van der Waals surface area contributed by atoms with Gasteiger partial charge in [-0.3, -0.25) is 9.69 Å². The Bertz CT molecular complexity index is 746. The number of methoxy groups -OCH3 is 1. The number of halogens is 1. The van der Waals surface area contributed by atoms with Gasteiger partial charge in [0.2, 0.25) is 0 Å². The Hall–Kier alpha value is -1.84. The maximum atomic E-state index is 12.3. The monoisotopic (exact) mass is 496 g/mol. The number of nitrogens with zero attached hydrogens (tertiary/aromatic N) is 1. The minimum absolute atomic E-state index is 0.000956. The van der Waals surface area contributed by atoms with Gasteiger partial charge in [-0.05, 0) is 64.6 Å². The average Bonchev–Trinajstić information content (AvgIpc) is 2.74. The third-order valence-corrected chi connectivity index (χ3v) is 5.38. The molecule has 3 rings (SSSR count). The van der Waals surface area contributed by atoms with Crippen molar-refractivity contribution in [1.82, 2.24) is 10.2 Å². The van der Waals surface area contributed by atoms with Gasteiger partial charge in [-0.2, -0.15) is 0 Å². The van der Waals surface area contributed by atoms with Crippen LogP contribution in [0.25, 0.3) is 0 Å². The molecule has 6 nitrogen and oxygen atoms in total. The first kappa shape index (κ1) is 20.9. The van der Waals surface area contributed by atoms with Gasteiger partial charge in [-0.1, -0.05) is 12.1 Å². The van der Waals surface area contributed by atoms with E-state index in [1.807, 2.05) is 48.5 Å². The van der Waals surface area contributed by atoms with Gasteiger partial charge in [0, 0.05) is 23.2 Å². The number of hydrogen-bond donors (Lipinski definition) is 1. The first-order valence-corrected chi connectivity index (χ1v) is 10.3. The number of nitrogens with one attached hydrogen (secondary N) is 1. The summed E-state index contributed by atoms with van der Waals surface area (Å²) < 4.78 is 17.4. The van der Waals surface area contributed by atoms with E-state index in [2.05, 4.69) is 32.8 Å². The summed E-state index contributed by atoms with van der Waals surface area (Å²) in [6.07, 6.45) is 0. The molecule has 0 aliphatic carbocycles. The molecule has 2 aromatic rings. The molecule has 0 spiro atoms. The molecule has 1 fully saturated rings. The van der Waals surface area contributed by atoms with Crippen LogP contribution < -0.4 is 14.8 Å². The van der Waals surface area contributed by atoms with E-state index in [1.165, 1.54) is 0 Å². The number of ether oxygens (including phenoxy) is 3. The Kier molecular flexibility index (Phi) is 7.93. The zero-order chi connectivity index (χ0) is 19.8. The normalized spacial score (nSPS) is 15.6. The van der Waals surface area contributed by atoms with Crippen molar-refractivity contribution in [1.29, 1.82) is 0 Å². The van der Waals surface area contributed by atoms with Gasteiger partial charge < -0.3 is 19.5 Å². The van der Waals surface area contributed by atoms with Gasteiger partial charge >= 0.3 is 0 Å². The average molecular weight is 496 g/mol. The molecular formula is C21H25IN2O4. The van der Waals surface area contributed by atoms with Crippen LogP contribution in [0, 0.1) is 3.57 Å². The summed E-state index contributed by atoms with van der Waals surface area (Å²) in [6.45, 7) is 3.60. The molecule has 1 unspecified atom stereocenters. The molecule has 7 heteroatoms. The Morgan fingerprint density at radius 3 is 2.39 bits per heavy atom. The fraction of sp³-hybridized carbons (Fsp3) is 0.381. The quantitative estimate of drug-likeness (QED) is 0.570. The van der Waals surface area contributed by atoms with E-state index >= 15 is 0 Å². The molecule has 1 saturated heterocycles. The molecule has 1 heterocycles. The molecule has 28 heavy (non-hydrogen) atoms. The minimum atomic E-state index is -0.134. The molecule has 1 N–H and O–H groups in total. The highest BCUT2D eigenvalue weighted by atomic mass is 127. The van der Waals surface area contributed by atoms with E-state index in [0.717, 1.165) is 28.0 Å². The summed E-state index contributed by atoms with van der Waals surface area (Å²) in [5.41, 5.74) is 1.14. The van der Waals surface area contributed by atoms with Crippen molar-refractivity contribution in [3.05, 3.63) is 57.7 Å². The van der Waals surface area contributed by atoms with Crippen molar-refractivity contribution in [2.45, 2.75) is 6.04 Å². The van der Waals surface area contributed by atoms with Gasteiger partial charge in [0.25, 0.3) is 5.91 Å². The maximum absolute atomic E-state index is 12.3. The molecule has 1 aliphatic heterocycles. The molecule has 0 radical (unpaired) electrons. The van der Waals surface area contributed by atoms with Crippen molar-refractivity contribution >= 4 is 28.5 Å². The highest BCUT2D eigenvalue weighted by Gasteiger charge is 2.23. The third-order valence-electron chi connectivity index (χ3n) is 4.66. The van der Waals surface area contributed by atoms with E-state index < -0.39 is 0 Å². The molecular weight excluding hydrogens is 471 g/mol. The lowest BCUT2D eigenvalue weighted by Crippen LogP contribution is -2.44. The van der Waals surface area contributed by atoms with Gasteiger partial charge in [-0.25, -0.2) is 0 Å². The van der Waals surface area contributed by atoms with Crippen molar-refractivity contribution in [3.63, 3.8) is 0 Å². The highest BCUT2D eigenvalue weighted by Crippen LogP contribution is 2.23. The van der Waals surface area contributed by atoms with Crippen LogP contribution in [0.1, 0.15) is 11.6 Å². The van der Waals surface area contributed by atoms with Gasteiger partial charge in [-0.15, -0.1) is 0 Å². The van der Waals surface area contributed by atoms with E-state index in [0.29, 0.717) is 25.5 Å². The van der Waals surface area contributed by atoms with Crippen molar-refractivity contribution in [2.75, 3.05) is 46.6 Å². The summed E-state index contributed by atoms with van der Waals surface area (Å²) >= 11 is 2.23. The second-order valence-corrected chi connectivity index (χ2v) is 7.73. The van der Waals surface area contributed by atoms with Crippen molar-refractivity contribution in [3.8, 4) is 11.5 Å². The number of amides is 1. The number of morpholine rings is 1. The third kappa shape index (κ3) is 6.08. The summed E-state index contributed by atoms with van der Waals surface area (Å²) in [5.74, 6) is 1.38. The van der Waals surface area contributed by atoms with Gasteiger partial charge in [0.1, 0.15) is 11.5 Å². The number of carbonyl (C=O) groups is 1. The standard InChI is InChI=1S/C21H25IN2O4/c1-26-18-6-2-16(3-7-18)20(24-10-12-27-13-11-24)14-23-21(25)15-28-19-8-4-17(22)5-9-19/h2-9,20H,10-15H2,1H3,(H,23,25). The van der Waals surface area contributed by atoms with Gasteiger partial charge in [0.05, 0.1) is 26.4 Å². The fourth-order valence-corrected chi connectivity index (χ4v) is 3.47. The lowest BCUT2D eigenvalue weighted by Gasteiger charge is -2.35. The van der Waals surface area contributed by atoms with E-state index in [1.54, 1.807) is 7.11 Å². The van der Waals surface area contributed by atoms with Gasteiger partial charge in [0.15, 0.2) is 6.61 Å². The van der Waals surface area contributed by atoms with Crippen LogP contribution in [-0.4, -0.2) is 57.4 Å². The first-order chi connectivity index (χ1) is 13.7. The summed E-state index contributed by atoms with van der Waals surface area (Å²) in [6, 6.07) is 15.7. The zero-order valence-electron chi connectivity index (χ0n) is 15.9.